The fraction of sp³-hybridized carbons (Fsp3) is 0.375. The minimum atomic E-state index is -0.545. The maximum atomic E-state index is 14.1. The van der Waals surface area contributed by atoms with Crippen LogP contribution in [0.15, 0.2) is 22.7 Å². The highest BCUT2D eigenvalue weighted by molar-refractivity contribution is 6.33. The van der Waals surface area contributed by atoms with Crippen LogP contribution in [0.1, 0.15) is 42.8 Å². The Balaban J connectivity index is 2.42. The van der Waals surface area contributed by atoms with Crippen LogP contribution in [-0.4, -0.2) is 17.1 Å². The predicted molar refractivity (Wildman–Crippen MR) is 83.5 cm³/mol. The van der Waals surface area contributed by atoms with E-state index in [9.17, 15) is 9.18 Å². The summed E-state index contributed by atoms with van der Waals surface area (Å²) in [5.74, 6) is -0.555. The summed E-state index contributed by atoms with van der Waals surface area (Å²) in [6.07, 6.45) is 1.81. The molecule has 0 aliphatic carbocycles. The van der Waals surface area contributed by atoms with E-state index < -0.39 is 5.82 Å². The number of aromatic nitrogens is 1. The van der Waals surface area contributed by atoms with Crippen molar-refractivity contribution in [3.05, 3.63) is 40.4 Å². The molecule has 22 heavy (non-hydrogen) atoms. The number of hydrogen-bond acceptors (Lipinski definition) is 3. The zero-order valence-corrected chi connectivity index (χ0v) is 13.5. The first-order valence-corrected chi connectivity index (χ1v) is 7.55. The molecule has 6 heteroatoms. The summed E-state index contributed by atoms with van der Waals surface area (Å²) in [4.78, 5) is 12.5. The molecule has 2 aromatic rings. The Hall–Kier alpha value is -1.88. The fourth-order valence-corrected chi connectivity index (χ4v) is 2.59. The van der Waals surface area contributed by atoms with Crippen LogP contribution in [0, 0.1) is 12.7 Å². The smallest absolute Gasteiger partial charge is 0.257 e. The molecule has 1 aromatic carbocycles. The molecule has 4 nitrogen and oxygen atoms in total. The number of rotatable bonds is 5. The van der Waals surface area contributed by atoms with Gasteiger partial charge in [-0.05, 0) is 32.4 Å². The Morgan fingerprint density at radius 1 is 1.50 bits per heavy atom. The van der Waals surface area contributed by atoms with Crippen molar-refractivity contribution < 1.29 is 13.7 Å². The lowest BCUT2D eigenvalue weighted by Gasteiger charge is -2.13. The monoisotopic (exact) mass is 324 g/mol. The molecule has 0 saturated carbocycles. The second kappa shape index (κ2) is 6.92. The third-order valence-electron chi connectivity index (χ3n) is 3.39. The van der Waals surface area contributed by atoms with Crippen molar-refractivity contribution in [3.8, 4) is 11.3 Å². The summed E-state index contributed by atoms with van der Waals surface area (Å²) in [5.41, 5.74) is 0.422. The molecule has 0 spiro atoms. The van der Waals surface area contributed by atoms with Gasteiger partial charge in [-0.3, -0.25) is 4.79 Å². The van der Waals surface area contributed by atoms with E-state index in [-0.39, 0.29) is 33.8 Å². The molecule has 1 aromatic heterocycles. The lowest BCUT2D eigenvalue weighted by Crippen LogP contribution is -2.32. The van der Waals surface area contributed by atoms with Crippen molar-refractivity contribution >= 4 is 17.5 Å². The molecule has 1 amide bonds. The number of hydrogen-bond donors (Lipinski definition) is 1. The number of carbonyl (C=O) groups excluding carboxylic acids is 1. The molecule has 0 aliphatic rings. The second-order valence-electron chi connectivity index (χ2n) is 5.22. The van der Waals surface area contributed by atoms with Crippen LogP contribution in [-0.2, 0) is 0 Å². The van der Waals surface area contributed by atoms with E-state index in [1.165, 1.54) is 12.1 Å². The van der Waals surface area contributed by atoms with E-state index >= 15 is 0 Å². The summed E-state index contributed by atoms with van der Waals surface area (Å²) >= 11 is 6.05. The Morgan fingerprint density at radius 2 is 2.23 bits per heavy atom. The number of nitrogens with zero attached hydrogens (tertiary/aromatic N) is 1. The van der Waals surface area contributed by atoms with Gasteiger partial charge in [0.05, 0.1) is 10.6 Å². The van der Waals surface area contributed by atoms with E-state index in [1.54, 1.807) is 13.0 Å². The van der Waals surface area contributed by atoms with Gasteiger partial charge in [-0.1, -0.05) is 36.2 Å². The van der Waals surface area contributed by atoms with Gasteiger partial charge >= 0.3 is 0 Å². The zero-order chi connectivity index (χ0) is 16.3. The van der Waals surface area contributed by atoms with Gasteiger partial charge in [0.25, 0.3) is 5.91 Å². The Bertz CT molecular complexity index is 665. The lowest BCUT2D eigenvalue weighted by atomic mass is 10.0. The van der Waals surface area contributed by atoms with Gasteiger partial charge in [0.2, 0.25) is 0 Å². The van der Waals surface area contributed by atoms with E-state index in [2.05, 4.69) is 10.5 Å². The summed E-state index contributed by atoms with van der Waals surface area (Å²) in [7, 11) is 0. The highest BCUT2D eigenvalue weighted by Gasteiger charge is 2.25. The summed E-state index contributed by atoms with van der Waals surface area (Å²) in [6, 6.07) is 4.32. The quantitative estimate of drug-likeness (QED) is 0.889. The standard InChI is InChI=1S/C16H18ClFN2O2/c1-4-6-9(2)19-16(21)13-10(3)22-20-15(13)14-11(17)7-5-8-12(14)18/h5,7-9H,4,6H2,1-3H3,(H,19,21). The van der Waals surface area contributed by atoms with Gasteiger partial charge in [0.15, 0.2) is 0 Å². The van der Waals surface area contributed by atoms with Crippen LogP contribution < -0.4 is 5.32 Å². The number of benzene rings is 1. The number of carbonyl (C=O) groups is 1. The maximum absolute atomic E-state index is 14.1. The summed E-state index contributed by atoms with van der Waals surface area (Å²) < 4.78 is 19.2. The normalized spacial score (nSPS) is 12.2. The summed E-state index contributed by atoms with van der Waals surface area (Å²) in [5, 5.41) is 6.87. The minimum absolute atomic E-state index is 0.00995. The molecule has 0 aliphatic heterocycles. The van der Waals surface area contributed by atoms with Gasteiger partial charge in [-0.15, -0.1) is 0 Å². The lowest BCUT2D eigenvalue weighted by molar-refractivity contribution is 0.0937. The molecule has 0 saturated heterocycles. The van der Waals surface area contributed by atoms with Crippen LogP contribution in [0.25, 0.3) is 11.3 Å². The average molecular weight is 325 g/mol. The predicted octanol–water partition coefficient (Wildman–Crippen LogP) is 4.36. The number of amides is 1. The van der Waals surface area contributed by atoms with Gasteiger partial charge in [0.1, 0.15) is 22.8 Å². The highest BCUT2D eigenvalue weighted by Crippen LogP contribution is 2.33. The van der Waals surface area contributed by atoms with Crippen molar-refractivity contribution in [3.63, 3.8) is 0 Å². The fourth-order valence-electron chi connectivity index (χ4n) is 2.34. The van der Waals surface area contributed by atoms with Gasteiger partial charge in [0, 0.05) is 6.04 Å². The van der Waals surface area contributed by atoms with Crippen LogP contribution >= 0.6 is 11.6 Å². The van der Waals surface area contributed by atoms with Crippen molar-refractivity contribution in [2.75, 3.05) is 0 Å². The van der Waals surface area contributed by atoms with Crippen molar-refractivity contribution in [2.45, 2.75) is 39.7 Å². The first-order valence-electron chi connectivity index (χ1n) is 7.17. The maximum Gasteiger partial charge on any atom is 0.257 e. The molecular formula is C16H18ClFN2O2. The minimum Gasteiger partial charge on any atom is -0.360 e. The second-order valence-corrected chi connectivity index (χ2v) is 5.63. The third-order valence-corrected chi connectivity index (χ3v) is 3.70. The van der Waals surface area contributed by atoms with Gasteiger partial charge < -0.3 is 9.84 Å². The van der Waals surface area contributed by atoms with Crippen LogP contribution in [0.5, 0.6) is 0 Å². The number of halogens is 2. The summed E-state index contributed by atoms with van der Waals surface area (Å²) in [6.45, 7) is 5.57. The van der Waals surface area contributed by atoms with Crippen molar-refractivity contribution in [1.82, 2.24) is 10.5 Å². The molecule has 1 N–H and O–H groups in total. The molecule has 2 rings (SSSR count). The van der Waals surface area contributed by atoms with E-state index in [1.807, 2.05) is 13.8 Å². The molecule has 0 radical (unpaired) electrons. The van der Waals surface area contributed by atoms with Crippen LogP contribution in [0.4, 0.5) is 4.39 Å². The van der Waals surface area contributed by atoms with Crippen molar-refractivity contribution in [1.29, 1.82) is 0 Å². The molecule has 1 unspecified atom stereocenters. The SMILES string of the molecule is CCCC(C)NC(=O)c1c(-c2c(F)cccc2Cl)noc1C. The largest absolute Gasteiger partial charge is 0.360 e. The van der Waals surface area contributed by atoms with Gasteiger partial charge in [-0.25, -0.2) is 4.39 Å². The Kier molecular flexibility index (Phi) is 5.19. The molecule has 1 heterocycles. The molecule has 0 fully saturated rings. The van der Waals surface area contributed by atoms with Gasteiger partial charge in [-0.2, -0.15) is 0 Å². The first kappa shape index (κ1) is 16.5. The highest BCUT2D eigenvalue weighted by atomic mass is 35.5. The molecule has 0 bridgehead atoms. The topological polar surface area (TPSA) is 55.1 Å². The number of nitrogens with one attached hydrogen (secondary N) is 1. The first-order chi connectivity index (χ1) is 10.5. The molecular weight excluding hydrogens is 307 g/mol. The van der Waals surface area contributed by atoms with Crippen LogP contribution in [0.3, 0.4) is 0 Å². The Labute approximate surface area is 133 Å². The molecule has 1 atom stereocenters. The van der Waals surface area contributed by atoms with E-state index in [4.69, 9.17) is 16.1 Å². The van der Waals surface area contributed by atoms with Crippen LogP contribution in [0.2, 0.25) is 5.02 Å². The van der Waals surface area contributed by atoms with E-state index in [0.29, 0.717) is 5.76 Å². The molecule has 118 valence electrons. The van der Waals surface area contributed by atoms with Crippen molar-refractivity contribution in [2.24, 2.45) is 0 Å². The zero-order valence-electron chi connectivity index (χ0n) is 12.7. The third kappa shape index (κ3) is 3.30. The Morgan fingerprint density at radius 3 is 2.86 bits per heavy atom. The number of aryl methyl sites for hydroxylation is 1. The average Bonchev–Trinajstić information content (AvgIpc) is 2.80. The van der Waals surface area contributed by atoms with E-state index in [0.717, 1.165) is 12.8 Å².